The van der Waals surface area contributed by atoms with Crippen molar-refractivity contribution in [1.29, 1.82) is 0 Å². The Hall–Kier alpha value is -2.20. The second-order valence-corrected chi connectivity index (χ2v) is 7.44. The summed E-state index contributed by atoms with van der Waals surface area (Å²) in [6, 6.07) is 17.9. The van der Waals surface area contributed by atoms with Crippen LogP contribution in [0.1, 0.15) is 44.4 Å². The summed E-state index contributed by atoms with van der Waals surface area (Å²) in [7, 11) is 0. The Labute approximate surface area is 140 Å². The van der Waals surface area contributed by atoms with E-state index in [1.54, 1.807) is 0 Å². The predicted octanol–water partition coefficient (Wildman–Crippen LogP) is 4.79. The molecule has 0 N–H and O–H groups in total. The van der Waals surface area contributed by atoms with Gasteiger partial charge in [0, 0.05) is 17.3 Å². The van der Waals surface area contributed by atoms with E-state index < -0.39 is 0 Å². The molecule has 1 nitrogen and oxygen atoms in total. The smallest absolute Gasteiger partial charge is 0.0801 e. The molecule has 2 aromatic carbocycles. The van der Waals surface area contributed by atoms with Gasteiger partial charge in [-0.3, -0.25) is 0 Å². The maximum absolute atomic E-state index is 3.35. The zero-order valence-electron chi connectivity index (χ0n) is 14.6. The van der Waals surface area contributed by atoms with Gasteiger partial charge in [0.1, 0.15) is 0 Å². The summed E-state index contributed by atoms with van der Waals surface area (Å²) < 4.78 is 0. The molecule has 0 bridgehead atoms. The molecule has 23 heavy (non-hydrogen) atoms. The van der Waals surface area contributed by atoms with Crippen molar-refractivity contribution in [2.75, 3.05) is 11.4 Å². The molecule has 0 fully saturated rings. The number of rotatable bonds is 1. The van der Waals surface area contributed by atoms with Gasteiger partial charge in [0.2, 0.25) is 0 Å². The van der Waals surface area contributed by atoms with E-state index in [0.717, 1.165) is 18.5 Å². The highest BCUT2D eigenvalue weighted by Crippen LogP contribution is 2.31. The van der Waals surface area contributed by atoms with E-state index >= 15 is 0 Å². The first kappa shape index (κ1) is 15.7. The molecular formula is C22H25N. The predicted molar refractivity (Wildman–Crippen MR) is 99.0 cm³/mol. The van der Waals surface area contributed by atoms with Gasteiger partial charge >= 0.3 is 0 Å². The molecule has 0 aromatic heterocycles. The van der Waals surface area contributed by atoms with Crippen molar-refractivity contribution in [3.63, 3.8) is 0 Å². The lowest BCUT2D eigenvalue weighted by atomic mass is 9.87. The van der Waals surface area contributed by atoms with Crippen molar-refractivity contribution in [2.24, 2.45) is 0 Å². The van der Waals surface area contributed by atoms with Gasteiger partial charge in [-0.2, -0.15) is 0 Å². The standard InChI is InChI=1S/C22H25N/c1-17-16-19-9-5-6-10-21(19)23(17)15-7-8-18-11-13-20(14-12-18)22(2,3)4/h5-6,9-14,17H,15-16H2,1-4H3. The van der Waals surface area contributed by atoms with Crippen molar-refractivity contribution in [3.05, 3.63) is 65.2 Å². The minimum atomic E-state index is 0.195. The molecule has 0 radical (unpaired) electrons. The van der Waals surface area contributed by atoms with Crippen LogP contribution in [-0.2, 0) is 11.8 Å². The molecule has 0 amide bonds. The van der Waals surface area contributed by atoms with Crippen LogP contribution in [0.25, 0.3) is 0 Å². The lowest BCUT2D eigenvalue weighted by Crippen LogP contribution is -2.29. The number of hydrogen-bond donors (Lipinski definition) is 0. The van der Waals surface area contributed by atoms with E-state index in [4.69, 9.17) is 0 Å². The number of anilines is 1. The molecule has 1 heterocycles. The summed E-state index contributed by atoms with van der Waals surface area (Å²) >= 11 is 0. The molecule has 1 aliphatic heterocycles. The Balaban J connectivity index is 1.71. The summed E-state index contributed by atoms with van der Waals surface area (Å²) in [5, 5.41) is 0. The molecule has 1 atom stereocenters. The van der Waals surface area contributed by atoms with Crippen molar-refractivity contribution >= 4 is 5.69 Å². The lowest BCUT2D eigenvalue weighted by molar-refractivity contribution is 0.590. The molecule has 0 saturated heterocycles. The monoisotopic (exact) mass is 303 g/mol. The van der Waals surface area contributed by atoms with Crippen LogP contribution < -0.4 is 4.90 Å². The Kier molecular flexibility index (Phi) is 4.18. The van der Waals surface area contributed by atoms with Gasteiger partial charge in [0.05, 0.1) is 6.54 Å². The van der Waals surface area contributed by atoms with Crippen LogP contribution in [0.3, 0.4) is 0 Å². The normalized spacial score (nSPS) is 16.7. The van der Waals surface area contributed by atoms with Crippen LogP contribution in [0, 0.1) is 11.8 Å². The lowest BCUT2D eigenvalue weighted by Gasteiger charge is -2.22. The topological polar surface area (TPSA) is 3.24 Å². The number of benzene rings is 2. The molecular weight excluding hydrogens is 278 g/mol. The summed E-state index contributed by atoms with van der Waals surface area (Å²) in [5.74, 6) is 6.66. The fourth-order valence-electron chi connectivity index (χ4n) is 3.15. The van der Waals surface area contributed by atoms with E-state index in [1.165, 1.54) is 16.8 Å². The first-order valence-electron chi connectivity index (χ1n) is 8.39. The summed E-state index contributed by atoms with van der Waals surface area (Å²) in [6.45, 7) is 9.78. The van der Waals surface area contributed by atoms with Crippen LogP contribution in [0.15, 0.2) is 48.5 Å². The third-order valence-corrected chi connectivity index (χ3v) is 4.58. The minimum Gasteiger partial charge on any atom is -0.357 e. The maximum Gasteiger partial charge on any atom is 0.0801 e. The average molecular weight is 303 g/mol. The first-order valence-corrected chi connectivity index (χ1v) is 8.39. The van der Waals surface area contributed by atoms with Crippen LogP contribution in [-0.4, -0.2) is 12.6 Å². The van der Waals surface area contributed by atoms with Gasteiger partial charge in [-0.1, -0.05) is 62.9 Å². The van der Waals surface area contributed by atoms with Gasteiger partial charge in [-0.05, 0) is 48.1 Å². The second-order valence-electron chi connectivity index (χ2n) is 7.44. The fraction of sp³-hybridized carbons (Fsp3) is 0.364. The van der Waals surface area contributed by atoms with Crippen molar-refractivity contribution in [1.82, 2.24) is 0 Å². The molecule has 118 valence electrons. The summed E-state index contributed by atoms with van der Waals surface area (Å²) in [5.41, 5.74) is 5.43. The Morgan fingerprint density at radius 3 is 2.43 bits per heavy atom. The van der Waals surface area contributed by atoms with E-state index in [9.17, 15) is 0 Å². The highest BCUT2D eigenvalue weighted by molar-refractivity contribution is 5.60. The molecule has 1 aliphatic rings. The Bertz CT molecular complexity index is 738. The maximum atomic E-state index is 3.35. The fourth-order valence-corrected chi connectivity index (χ4v) is 3.15. The largest absolute Gasteiger partial charge is 0.357 e. The van der Waals surface area contributed by atoms with Gasteiger partial charge in [-0.25, -0.2) is 0 Å². The van der Waals surface area contributed by atoms with Crippen LogP contribution in [0.5, 0.6) is 0 Å². The van der Waals surface area contributed by atoms with Crippen molar-refractivity contribution in [3.8, 4) is 11.8 Å². The van der Waals surface area contributed by atoms with E-state index in [0.29, 0.717) is 6.04 Å². The summed E-state index contributed by atoms with van der Waals surface area (Å²) in [6.07, 6.45) is 1.12. The van der Waals surface area contributed by atoms with E-state index in [2.05, 4.69) is 93.0 Å². The van der Waals surface area contributed by atoms with Crippen molar-refractivity contribution in [2.45, 2.75) is 45.6 Å². The molecule has 3 rings (SSSR count). The Morgan fingerprint density at radius 1 is 1.04 bits per heavy atom. The van der Waals surface area contributed by atoms with Gasteiger partial charge in [-0.15, -0.1) is 0 Å². The van der Waals surface area contributed by atoms with Gasteiger partial charge < -0.3 is 4.90 Å². The van der Waals surface area contributed by atoms with Gasteiger partial charge in [0.25, 0.3) is 0 Å². The quantitative estimate of drug-likeness (QED) is 0.685. The molecule has 0 saturated carbocycles. The van der Waals surface area contributed by atoms with E-state index in [-0.39, 0.29) is 5.41 Å². The van der Waals surface area contributed by atoms with Crippen molar-refractivity contribution < 1.29 is 0 Å². The SMILES string of the molecule is CC1Cc2ccccc2N1CC#Cc1ccc(C(C)(C)C)cc1. The van der Waals surface area contributed by atoms with Crippen LogP contribution in [0.4, 0.5) is 5.69 Å². The molecule has 0 aliphatic carbocycles. The van der Waals surface area contributed by atoms with Crippen LogP contribution in [0.2, 0.25) is 0 Å². The number of nitrogens with zero attached hydrogens (tertiary/aromatic N) is 1. The third-order valence-electron chi connectivity index (χ3n) is 4.58. The second kappa shape index (κ2) is 6.13. The number of para-hydroxylation sites is 1. The van der Waals surface area contributed by atoms with E-state index in [1.807, 2.05) is 0 Å². The first-order chi connectivity index (χ1) is 10.9. The molecule has 1 heteroatoms. The minimum absolute atomic E-state index is 0.195. The summed E-state index contributed by atoms with van der Waals surface area (Å²) in [4.78, 5) is 2.41. The third kappa shape index (κ3) is 3.42. The number of hydrogen-bond acceptors (Lipinski definition) is 1. The zero-order chi connectivity index (χ0) is 16.4. The highest BCUT2D eigenvalue weighted by atomic mass is 15.2. The molecule has 0 spiro atoms. The van der Waals surface area contributed by atoms with Gasteiger partial charge in [0.15, 0.2) is 0 Å². The zero-order valence-corrected chi connectivity index (χ0v) is 14.6. The van der Waals surface area contributed by atoms with Crippen LogP contribution >= 0.6 is 0 Å². The highest BCUT2D eigenvalue weighted by Gasteiger charge is 2.24. The average Bonchev–Trinajstić information content (AvgIpc) is 2.83. The number of fused-ring (bicyclic) bond motifs is 1. The molecule has 1 unspecified atom stereocenters. The molecule has 2 aromatic rings. The Morgan fingerprint density at radius 2 is 1.74 bits per heavy atom.